The number of rotatable bonds is 6. The van der Waals surface area contributed by atoms with Crippen LogP contribution in [0.25, 0.3) is 0 Å². The number of benzene rings is 1. The van der Waals surface area contributed by atoms with E-state index in [0.717, 1.165) is 0 Å². The van der Waals surface area contributed by atoms with Crippen molar-refractivity contribution in [3.63, 3.8) is 0 Å². The Bertz CT molecular complexity index is 1120. The second-order valence-electron chi connectivity index (χ2n) is 10.8. The highest BCUT2D eigenvalue weighted by molar-refractivity contribution is 5.98. The van der Waals surface area contributed by atoms with E-state index in [2.05, 4.69) is 25.9 Å². The lowest BCUT2D eigenvalue weighted by Crippen LogP contribution is -2.40. The van der Waals surface area contributed by atoms with Crippen molar-refractivity contribution in [3.8, 4) is 0 Å². The number of nitrogens with zero attached hydrogens (tertiary/aromatic N) is 3. The van der Waals surface area contributed by atoms with Crippen LogP contribution in [-0.2, 0) is 4.74 Å². The van der Waals surface area contributed by atoms with Gasteiger partial charge in [0.15, 0.2) is 0 Å². The van der Waals surface area contributed by atoms with E-state index in [4.69, 9.17) is 10.5 Å². The first-order chi connectivity index (χ1) is 16.7. The lowest BCUT2D eigenvalue weighted by molar-refractivity contribution is 0.0508. The Morgan fingerprint density at radius 1 is 1.08 bits per heavy atom. The molecule has 3 amide bonds. The highest BCUT2D eigenvalue weighted by Crippen LogP contribution is 2.24. The molecule has 1 aromatic carbocycles. The number of hydrogen-bond acceptors (Lipinski definition) is 8. The lowest BCUT2D eigenvalue weighted by atomic mass is 10.1. The summed E-state index contributed by atoms with van der Waals surface area (Å²) in [6.07, 6.45) is 1.61. The first-order valence-corrected chi connectivity index (χ1v) is 11.8. The molecule has 1 fully saturated rings. The molecule has 2 heterocycles. The molecular weight excluding hydrogens is 462 g/mol. The van der Waals surface area contributed by atoms with Crippen LogP contribution in [0.3, 0.4) is 0 Å². The molecule has 1 aliphatic heterocycles. The van der Waals surface area contributed by atoms with Crippen LogP contribution < -0.4 is 26.6 Å². The van der Waals surface area contributed by atoms with E-state index in [0.29, 0.717) is 36.7 Å². The Morgan fingerprint density at radius 2 is 1.75 bits per heavy atom. The molecule has 3 rings (SSSR count). The maximum atomic E-state index is 12.4. The molecule has 1 aliphatic rings. The summed E-state index contributed by atoms with van der Waals surface area (Å²) < 4.78 is 5.33. The van der Waals surface area contributed by atoms with Crippen LogP contribution in [-0.4, -0.2) is 58.1 Å². The topological polar surface area (TPSA) is 152 Å². The molecule has 1 atom stereocenters. The molecule has 1 aromatic heterocycles. The van der Waals surface area contributed by atoms with Crippen LogP contribution in [0.4, 0.5) is 22.2 Å². The molecule has 0 saturated carbocycles. The minimum absolute atomic E-state index is 0.123. The summed E-state index contributed by atoms with van der Waals surface area (Å²) in [4.78, 5) is 47.2. The van der Waals surface area contributed by atoms with E-state index >= 15 is 0 Å². The van der Waals surface area contributed by atoms with Gasteiger partial charge in [-0.25, -0.2) is 9.78 Å². The second-order valence-corrected chi connectivity index (χ2v) is 10.8. The predicted molar refractivity (Wildman–Crippen MR) is 137 cm³/mol. The van der Waals surface area contributed by atoms with Gasteiger partial charge in [0.1, 0.15) is 17.0 Å². The van der Waals surface area contributed by atoms with E-state index in [-0.39, 0.29) is 28.9 Å². The normalized spacial score (nSPS) is 15.8. The summed E-state index contributed by atoms with van der Waals surface area (Å²) in [5.74, 6) is -0.198. The van der Waals surface area contributed by atoms with Crippen LogP contribution in [0.5, 0.6) is 0 Å². The van der Waals surface area contributed by atoms with E-state index in [9.17, 15) is 14.4 Å². The standard InChI is InChI=1S/C25H35N7O4/c1-24(2,3)31-21(34)15-7-9-16(10-8-15)28-20-18(19(26)33)13-27-22(30-20)32-12-11-17(14-32)29-23(35)36-25(4,5)6/h7-10,13,17H,11-12,14H2,1-6H3,(H2,26,33)(H,29,35)(H,31,34)(H,27,28,30)/t17-/m0/s1. The van der Waals surface area contributed by atoms with Gasteiger partial charge in [0, 0.05) is 36.1 Å². The van der Waals surface area contributed by atoms with Gasteiger partial charge in [0.2, 0.25) is 5.95 Å². The Balaban J connectivity index is 1.72. The number of aromatic nitrogens is 2. The van der Waals surface area contributed by atoms with Crippen LogP contribution >= 0.6 is 0 Å². The van der Waals surface area contributed by atoms with Crippen molar-refractivity contribution in [3.05, 3.63) is 41.6 Å². The van der Waals surface area contributed by atoms with E-state index in [1.54, 1.807) is 24.3 Å². The van der Waals surface area contributed by atoms with Crippen molar-refractivity contribution in [2.24, 2.45) is 5.73 Å². The minimum Gasteiger partial charge on any atom is -0.444 e. The maximum Gasteiger partial charge on any atom is 0.407 e. The maximum absolute atomic E-state index is 12.4. The molecule has 1 saturated heterocycles. The molecule has 0 aliphatic carbocycles. The van der Waals surface area contributed by atoms with Crippen molar-refractivity contribution in [1.82, 2.24) is 20.6 Å². The van der Waals surface area contributed by atoms with Crippen molar-refractivity contribution >= 4 is 35.4 Å². The third-order valence-electron chi connectivity index (χ3n) is 5.13. The molecular formula is C25H35N7O4. The molecule has 0 unspecified atom stereocenters. The third kappa shape index (κ3) is 7.56. The van der Waals surface area contributed by atoms with Gasteiger partial charge in [0.25, 0.3) is 11.8 Å². The van der Waals surface area contributed by atoms with Gasteiger partial charge < -0.3 is 31.3 Å². The fourth-order valence-corrected chi connectivity index (χ4v) is 3.59. The Hall–Kier alpha value is -3.89. The van der Waals surface area contributed by atoms with E-state index in [1.165, 1.54) is 6.20 Å². The van der Waals surface area contributed by atoms with Crippen molar-refractivity contribution in [1.29, 1.82) is 0 Å². The van der Waals surface area contributed by atoms with Gasteiger partial charge in [-0.3, -0.25) is 9.59 Å². The molecule has 0 radical (unpaired) electrons. The van der Waals surface area contributed by atoms with Crippen molar-refractivity contribution < 1.29 is 19.1 Å². The summed E-state index contributed by atoms with van der Waals surface area (Å²) >= 11 is 0. The number of nitrogens with one attached hydrogen (secondary N) is 3. The zero-order valence-corrected chi connectivity index (χ0v) is 21.6. The largest absolute Gasteiger partial charge is 0.444 e. The van der Waals surface area contributed by atoms with Crippen LogP contribution in [0.2, 0.25) is 0 Å². The number of carbonyl (C=O) groups is 3. The number of nitrogens with two attached hydrogens (primary N) is 1. The highest BCUT2D eigenvalue weighted by atomic mass is 16.6. The number of anilines is 3. The first-order valence-electron chi connectivity index (χ1n) is 11.8. The third-order valence-corrected chi connectivity index (χ3v) is 5.13. The number of amides is 3. The first kappa shape index (κ1) is 26.7. The second kappa shape index (κ2) is 10.4. The molecule has 5 N–H and O–H groups in total. The summed E-state index contributed by atoms with van der Waals surface area (Å²) in [7, 11) is 0. The molecule has 11 nitrogen and oxygen atoms in total. The predicted octanol–water partition coefficient (Wildman–Crippen LogP) is 2.95. The lowest BCUT2D eigenvalue weighted by Gasteiger charge is -2.22. The number of carbonyl (C=O) groups excluding carboxylic acids is 3. The average molecular weight is 498 g/mol. The summed E-state index contributed by atoms with van der Waals surface area (Å²) in [5, 5.41) is 8.88. The number of alkyl carbamates (subject to hydrolysis) is 1. The van der Waals surface area contributed by atoms with Crippen molar-refractivity contribution in [2.45, 2.75) is 65.1 Å². The van der Waals surface area contributed by atoms with Gasteiger partial charge >= 0.3 is 6.09 Å². The Morgan fingerprint density at radius 3 is 2.33 bits per heavy atom. The fourth-order valence-electron chi connectivity index (χ4n) is 3.59. The zero-order valence-electron chi connectivity index (χ0n) is 21.6. The van der Waals surface area contributed by atoms with Crippen molar-refractivity contribution in [2.75, 3.05) is 23.3 Å². The summed E-state index contributed by atoms with van der Waals surface area (Å²) in [6, 6.07) is 6.69. The van der Waals surface area contributed by atoms with Crippen LogP contribution in [0.1, 0.15) is 68.7 Å². The number of primary amides is 1. The summed E-state index contributed by atoms with van der Waals surface area (Å²) in [6.45, 7) is 12.3. The molecule has 0 bridgehead atoms. The van der Waals surface area contributed by atoms with E-state index < -0.39 is 17.6 Å². The van der Waals surface area contributed by atoms with Crippen LogP contribution in [0.15, 0.2) is 30.5 Å². The smallest absolute Gasteiger partial charge is 0.407 e. The fraction of sp³-hybridized carbons (Fsp3) is 0.480. The summed E-state index contributed by atoms with van der Waals surface area (Å²) in [5.41, 5.74) is 5.88. The Kier molecular flexibility index (Phi) is 7.71. The van der Waals surface area contributed by atoms with E-state index in [1.807, 2.05) is 46.4 Å². The van der Waals surface area contributed by atoms with Crippen LogP contribution in [0, 0.1) is 0 Å². The van der Waals surface area contributed by atoms with Gasteiger partial charge in [-0.15, -0.1) is 0 Å². The average Bonchev–Trinajstić information content (AvgIpc) is 3.19. The molecule has 2 aromatic rings. The molecule has 0 spiro atoms. The van der Waals surface area contributed by atoms with Gasteiger partial charge in [-0.2, -0.15) is 4.98 Å². The van der Waals surface area contributed by atoms with Gasteiger partial charge in [0.05, 0.1) is 6.04 Å². The molecule has 194 valence electrons. The quantitative estimate of drug-likeness (QED) is 0.475. The SMILES string of the molecule is CC(C)(C)NC(=O)c1ccc(Nc2nc(N3CC[C@H](NC(=O)OC(C)(C)C)C3)ncc2C(N)=O)cc1. The number of ether oxygens (including phenoxy) is 1. The number of hydrogen-bond donors (Lipinski definition) is 4. The zero-order chi connectivity index (χ0) is 26.7. The minimum atomic E-state index is -0.670. The monoisotopic (exact) mass is 497 g/mol. The molecule has 11 heteroatoms. The van der Waals surface area contributed by atoms with Gasteiger partial charge in [-0.05, 0) is 72.2 Å². The highest BCUT2D eigenvalue weighted by Gasteiger charge is 2.28. The Labute approximate surface area is 211 Å². The van der Waals surface area contributed by atoms with Gasteiger partial charge in [-0.1, -0.05) is 0 Å². The molecule has 36 heavy (non-hydrogen) atoms.